The lowest BCUT2D eigenvalue weighted by molar-refractivity contribution is 0.341. The Morgan fingerprint density at radius 3 is 2.55 bits per heavy atom. The maximum absolute atomic E-state index is 5.60. The highest BCUT2D eigenvalue weighted by Gasteiger charge is 2.07. The molecule has 3 nitrogen and oxygen atoms in total. The number of nitrogens with two attached hydrogens (primary N) is 1. The fourth-order valence-corrected chi connectivity index (χ4v) is 2.14. The van der Waals surface area contributed by atoms with Gasteiger partial charge in [-0.15, -0.1) is 0 Å². The van der Waals surface area contributed by atoms with Gasteiger partial charge in [0.05, 0.1) is 6.17 Å². The number of rotatable bonds is 6. The standard InChI is InChI=1S/C7H20N2OSi/c1-4-7(9-6(3)8)11-10-5-2/h6-7,9H,4-5,8,11H2,1-3H3. The minimum absolute atomic E-state index is 0.0907. The molecule has 0 amide bonds. The van der Waals surface area contributed by atoms with Crippen molar-refractivity contribution in [1.82, 2.24) is 5.32 Å². The molecule has 0 saturated heterocycles. The van der Waals surface area contributed by atoms with Crippen molar-refractivity contribution in [2.24, 2.45) is 5.73 Å². The molecule has 0 aromatic carbocycles. The molecule has 0 spiro atoms. The fraction of sp³-hybridized carbons (Fsp3) is 1.00. The summed E-state index contributed by atoms with van der Waals surface area (Å²) in [6.45, 7) is 6.99. The van der Waals surface area contributed by atoms with Crippen LogP contribution in [0.25, 0.3) is 0 Å². The summed E-state index contributed by atoms with van der Waals surface area (Å²) in [5.41, 5.74) is 6.13. The Hall–Kier alpha value is 0.0969. The van der Waals surface area contributed by atoms with Crippen molar-refractivity contribution in [3.63, 3.8) is 0 Å². The number of hydrogen-bond donors (Lipinski definition) is 2. The molecule has 0 aromatic heterocycles. The van der Waals surface area contributed by atoms with Crippen molar-refractivity contribution >= 4 is 9.76 Å². The van der Waals surface area contributed by atoms with E-state index in [0.717, 1.165) is 13.0 Å². The lowest BCUT2D eigenvalue weighted by Crippen LogP contribution is -2.45. The van der Waals surface area contributed by atoms with Gasteiger partial charge in [0.15, 0.2) is 9.76 Å². The van der Waals surface area contributed by atoms with Gasteiger partial charge in [-0.2, -0.15) is 0 Å². The molecule has 0 rings (SSSR count). The predicted octanol–water partition coefficient (Wildman–Crippen LogP) is -0.263. The van der Waals surface area contributed by atoms with Crippen LogP contribution in [0.3, 0.4) is 0 Å². The van der Waals surface area contributed by atoms with Crippen molar-refractivity contribution < 1.29 is 4.43 Å². The summed E-state index contributed by atoms with van der Waals surface area (Å²) >= 11 is 0. The highest BCUT2D eigenvalue weighted by molar-refractivity contribution is 6.29. The zero-order valence-corrected chi connectivity index (χ0v) is 9.18. The fourth-order valence-electron chi connectivity index (χ4n) is 0.916. The van der Waals surface area contributed by atoms with E-state index >= 15 is 0 Å². The molecule has 0 bridgehead atoms. The molecule has 0 radical (unpaired) electrons. The van der Waals surface area contributed by atoms with Crippen LogP contribution in [-0.4, -0.2) is 28.2 Å². The molecule has 0 heterocycles. The van der Waals surface area contributed by atoms with Gasteiger partial charge in [0, 0.05) is 12.3 Å². The average molecular weight is 176 g/mol. The SMILES string of the molecule is CCO[SiH2]C(CC)NC(C)N. The van der Waals surface area contributed by atoms with E-state index in [0.29, 0.717) is 5.67 Å². The molecule has 2 unspecified atom stereocenters. The van der Waals surface area contributed by atoms with E-state index in [1.54, 1.807) is 0 Å². The molecule has 3 N–H and O–H groups in total. The largest absolute Gasteiger partial charge is 0.423 e. The van der Waals surface area contributed by atoms with Crippen molar-refractivity contribution in [3.05, 3.63) is 0 Å². The molecule has 0 aromatic rings. The third-order valence-electron chi connectivity index (χ3n) is 1.51. The molecule has 0 aliphatic carbocycles. The quantitative estimate of drug-likeness (QED) is 0.433. The first-order chi connectivity index (χ1) is 5.20. The van der Waals surface area contributed by atoms with E-state index in [-0.39, 0.29) is 6.17 Å². The van der Waals surface area contributed by atoms with Crippen LogP contribution in [0, 0.1) is 0 Å². The van der Waals surface area contributed by atoms with E-state index in [2.05, 4.69) is 12.2 Å². The summed E-state index contributed by atoms with van der Waals surface area (Å²) in [7, 11) is -0.409. The topological polar surface area (TPSA) is 47.3 Å². The summed E-state index contributed by atoms with van der Waals surface area (Å²) in [6.07, 6.45) is 1.21. The Morgan fingerprint density at radius 2 is 2.18 bits per heavy atom. The molecule has 2 atom stereocenters. The Balaban J connectivity index is 3.41. The van der Waals surface area contributed by atoms with Crippen LogP contribution in [0.2, 0.25) is 0 Å². The molecular weight excluding hydrogens is 156 g/mol. The zero-order valence-electron chi connectivity index (χ0n) is 7.76. The second kappa shape index (κ2) is 6.79. The number of nitrogens with one attached hydrogen (secondary N) is 1. The summed E-state index contributed by atoms with van der Waals surface area (Å²) in [6, 6.07) is 0. The third kappa shape index (κ3) is 6.49. The van der Waals surface area contributed by atoms with Gasteiger partial charge in [0.25, 0.3) is 0 Å². The first-order valence-electron chi connectivity index (χ1n) is 4.30. The van der Waals surface area contributed by atoms with Crippen LogP contribution >= 0.6 is 0 Å². The molecule has 0 saturated carbocycles. The Labute approximate surface area is 71.6 Å². The van der Waals surface area contributed by atoms with Gasteiger partial charge in [-0.25, -0.2) is 0 Å². The summed E-state index contributed by atoms with van der Waals surface area (Å²) in [4.78, 5) is 0. The Morgan fingerprint density at radius 1 is 1.55 bits per heavy atom. The van der Waals surface area contributed by atoms with Gasteiger partial charge in [-0.1, -0.05) is 6.92 Å². The van der Waals surface area contributed by atoms with Gasteiger partial charge in [-0.3, -0.25) is 0 Å². The predicted molar refractivity (Wildman–Crippen MR) is 51.0 cm³/mol. The van der Waals surface area contributed by atoms with Crippen LogP contribution in [-0.2, 0) is 4.43 Å². The highest BCUT2D eigenvalue weighted by Crippen LogP contribution is 1.89. The highest BCUT2D eigenvalue weighted by atomic mass is 28.2. The van der Waals surface area contributed by atoms with Crippen LogP contribution in [0.5, 0.6) is 0 Å². The molecule has 11 heavy (non-hydrogen) atoms. The van der Waals surface area contributed by atoms with Crippen LogP contribution in [0.15, 0.2) is 0 Å². The first kappa shape index (κ1) is 11.1. The first-order valence-corrected chi connectivity index (χ1v) is 5.69. The molecule has 68 valence electrons. The van der Waals surface area contributed by atoms with Crippen molar-refractivity contribution in [1.29, 1.82) is 0 Å². The van der Waals surface area contributed by atoms with Gasteiger partial charge >= 0.3 is 0 Å². The average Bonchev–Trinajstić information content (AvgIpc) is 1.97. The molecule has 0 aliphatic heterocycles. The van der Waals surface area contributed by atoms with Crippen LogP contribution < -0.4 is 11.1 Å². The summed E-state index contributed by atoms with van der Waals surface area (Å²) in [5.74, 6) is 0. The lowest BCUT2D eigenvalue weighted by atomic mass is 10.4. The Kier molecular flexibility index (Phi) is 6.85. The normalized spacial score (nSPS) is 17.5. The second-order valence-electron chi connectivity index (χ2n) is 2.72. The van der Waals surface area contributed by atoms with Crippen LogP contribution in [0.4, 0.5) is 0 Å². The van der Waals surface area contributed by atoms with E-state index in [1.807, 2.05) is 13.8 Å². The van der Waals surface area contributed by atoms with Gasteiger partial charge in [-0.05, 0) is 20.3 Å². The second-order valence-corrected chi connectivity index (χ2v) is 4.45. The minimum atomic E-state index is -0.409. The maximum Gasteiger partial charge on any atom is 0.178 e. The molecule has 0 aliphatic rings. The smallest absolute Gasteiger partial charge is 0.178 e. The molecule has 4 heteroatoms. The van der Waals surface area contributed by atoms with E-state index < -0.39 is 9.76 Å². The molecular formula is C7H20N2OSi. The van der Waals surface area contributed by atoms with E-state index in [1.165, 1.54) is 0 Å². The van der Waals surface area contributed by atoms with Crippen LogP contribution in [0.1, 0.15) is 27.2 Å². The number of hydrogen-bond acceptors (Lipinski definition) is 3. The zero-order chi connectivity index (χ0) is 8.69. The van der Waals surface area contributed by atoms with Crippen molar-refractivity contribution in [3.8, 4) is 0 Å². The third-order valence-corrected chi connectivity index (χ3v) is 3.37. The van der Waals surface area contributed by atoms with Gasteiger partial charge in [0.1, 0.15) is 0 Å². The van der Waals surface area contributed by atoms with Crippen molar-refractivity contribution in [2.75, 3.05) is 6.61 Å². The lowest BCUT2D eigenvalue weighted by Gasteiger charge is -2.18. The van der Waals surface area contributed by atoms with E-state index in [4.69, 9.17) is 10.2 Å². The Bertz CT molecular complexity index is 90.5. The van der Waals surface area contributed by atoms with Gasteiger partial charge < -0.3 is 15.5 Å². The molecule has 0 fully saturated rings. The minimum Gasteiger partial charge on any atom is -0.423 e. The van der Waals surface area contributed by atoms with Gasteiger partial charge in [0.2, 0.25) is 0 Å². The maximum atomic E-state index is 5.60. The summed E-state index contributed by atoms with van der Waals surface area (Å²) in [5, 5.41) is 3.28. The monoisotopic (exact) mass is 176 g/mol. The summed E-state index contributed by atoms with van der Waals surface area (Å²) < 4.78 is 5.41. The van der Waals surface area contributed by atoms with Crippen molar-refractivity contribution in [2.45, 2.75) is 39.0 Å². The van der Waals surface area contributed by atoms with E-state index in [9.17, 15) is 0 Å².